The molecule has 2 aromatic carbocycles. The van der Waals surface area contributed by atoms with E-state index >= 15 is 0 Å². The van der Waals surface area contributed by atoms with Gasteiger partial charge in [-0.25, -0.2) is 5.01 Å². The van der Waals surface area contributed by atoms with Gasteiger partial charge < -0.3 is 9.64 Å². The maximum Gasteiger partial charge on any atom is 0.253 e. The first-order chi connectivity index (χ1) is 15.2. The number of nitrogens with zero attached hydrogens (tertiary/aromatic N) is 3. The molecule has 0 radical (unpaired) electrons. The molecule has 0 aromatic heterocycles. The molecule has 1 amide bonds. The normalized spacial score (nSPS) is 18.6. The molecular formula is C24H27N3O2S2. The van der Waals surface area contributed by atoms with Crippen LogP contribution < -0.4 is 4.74 Å². The summed E-state index contributed by atoms with van der Waals surface area (Å²) >= 11 is 7.04. The van der Waals surface area contributed by atoms with Crippen LogP contribution in [0.3, 0.4) is 0 Å². The van der Waals surface area contributed by atoms with Crippen LogP contribution >= 0.6 is 24.0 Å². The zero-order valence-electron chi connectivity index (χ0n) is 17.7. The van der Waals surface area contributed by atoms with E-state index in [1.54, 1.807) is 12.1 Å². The van der Waals surface area contributed by atoms with Crippen LogP contribution in [0.1, 0.15) is 42.9 Å². The van der Waals surface area contributed by atoms with Gasteiger partial charge in [0.15, 0.2) is 0 Å². The number of piperidine rings is 1. The van der Waals surface area contributed by atoms with Crippen molar-refractivity contribution in [3.8, 4) is 5.75 Å². The highest BCUT2D eigenvalue weighted by Gasteiger charge is 2.33. The number of methoxy groups -OCH3 is 1. The molecule has 1 saturated heterocycles. The number of hydrogen-bond acceptors (Lipinski definition) is 5. The highest BCUT2D eigenvalue weighted by atomic mass is 32.2. The van der Waals surface area contributed by atoms with Crippen molar-refractivity contribution in [3.05, 3.63) is 65.7 Å². The molecule has 2 heterocycles. The summed E-state index contributed by atoms with van der Waals surface area (Å²) in [6.45, 7) is 1.99. The SMILES string of the molecule is COc1ccc(C2CC(c3ccccc3)=NN2C(=O)CSC(=S)N2CCCCC2)cc1. The summed E-state index contributed by atoms with van der Waals surface area (Å²) < 4.78 is 6.11. The van der Waals surface area contributed by atoms with Crippen molar-refractivity contribution in [2.24, 2.45) is 5.10 Å². The molecule has 1 fully saturated rings. The van der Waals surface area contributed by atoms with Gasteiger partial charge in [-0.1, -0.05) is 66.4 Å². The van der Waals surface area contributed by atoms with E-state index in [2.05, 4.69) is 4.90 Å². The van der Waals surface area contributed by atoms with E-state index in [-0.39, 0.29) is 11.9 Å². The Bertz CT molecular complexity index is 941. The van der Waals surface area contributed by atoms with Crippen LogP contribution in [0.25, 0.3) is 0 Å². The molecule has 0 aliphatic carbocycles. The lowest BCUT2D eigenvalue weighted by Gasteiger charge is -2.29. The van der Waals surface area contributed by atoms with Crippen LogP contribution in [0.5, 0.6) is 5.75 Å². The molecule has 0 bridgehead atoms. The van der Waals surface area contributed by atoms with Gasteiger partial charge in [0, 0.05) is 19.5 Å². The van der Waals surface area contributed by atoms with Crippen molar-refractivity contribution in [2.75, 3.05) is 26.0 Å². The quantitative estimate of drug-likeness (QED) is 0.604. The molecule has 2 aliphatic heterocycles. The summed E-state index contributed by atoms with van der Waals surface area (Å²) in [6, 6.07) is 17.8. The van der Waals surface area contributed by atoms with E-state index in [1.165, 1.54) is 31.0 Å². The highest BCUT2D eigenvalue weighted by molar-refractivity contribution is 8.23. The van der Waals surface area contributed by atoms with E-state index in [4.69, 9.17) is 22.1 Å². The number of ether oxygens (including phenoxy) is 1. The molecule has 1 atom stereocenters. The van der Waals surface area contributed by atoms with E-state index in [1.807, 2.05) is 54.6 Å². The molecule has 2 aromatic rings. The van der Waals surface area contributed by atoms with E-state index in [9.17, 15) is 4.79 Å². The molecule has 7 heteroatoms. The molecule has 31 heavy (non-hydrogen) atoms. The number of thiocarbonyl (C=S) groups is 1. The van der Waals surface area contributed by atoms with Crippen LogP contribution in [0.15, 0.2) is 59.7 Å². The number of hydrogen-bond donors (Lipinski definition) is 0. The van der Waals surface area contributed by atoms with Gasteiger partial charge in [0.1, 0.15) is 10.1 Å². The minimum absolute atomic E-state index is 0.0175. The second kappa shape index (κ2) is 10.3. The largest absolute Gasteiger partial charge is 0.497 e. The fraction of sp³-hybridized carbons (Fsp3) is 0.375. The minimum atomic E-state index is -0.127. The van der Waals surface area contributed by atoms with Gasteiger partial charge in [-0.2, -0.15) is 5.10 Å². The average Bonchev–Trinajstić information content (AvgIpc) is 3.29. The van der Waals surface area contributed by atoms with Gasteiger partial charge in [0.05, 0.1) is 24.6 Å². The van der Waals surface area contributed by atoms with Crippen LogP contribution in [-0.2, 0) is 4.79 Å². The van der Waals surface area contributed by atoms with Crippen LogP contribution in [0, 0.1) is 0 Å². The third-order valence-corrected chi connectivity index (χ3v) is 7.22. The lowest BCUT2D eigenvalue weighted by Crippen LogP contribution is -2.34. The lowest BCUT2D eigenvalue weighted by atomic mass is 9.98. The van der Waals surface area contributed by atoms with Crippen molar-refractivity contribution in [3.63, 3.8) is 0 Å². The number of carbonyl (C=O) groups is 1. The van der Waals surface area contributed by atoms with Crippen molar-refractivity contribution in [1.82, 2.24) is 9.91 Å². The summed E-state index contributed by atoms with van der Waals surface area (Å²) in [7, 11) is 1.65. The third kappa shape index (κ3) is 5.28. The smallest absolute Gasteiger partial charge is 0.253 e. The van der Waals surface area contributed by atoms with Gasteiger partial charge >= 0.3 is 0 Å². The molecule has 162 valence electrons. The molecular weight excluding hydrogens is 426 g/mol. The van der Waals surface area contributed by atoms with Gasteiger partial charge in [-0.05, 0) is 42.5 Å². The number of hydrazone groups is 1. The Hall–Kier alpha value is -2.38. The van der Waals surface area contributed by atoms with Crippen molar-refractivity contribution >= 4 is 39.9 Å². The number of amides is 1. The van der Waals surface area contributed by atoms with Gasteiger partial charge in [0.25, 0.3) is 5.91 Å². The van der Waals surface area contributed by atoms with E-state index in [0.29, 0.717) is 12.2 Å². The Kier molecular flexibility index (Phi) is 7.25. The second-order valence-corrected chi connectivity index (χ2v) is 9.36. The predicted octanol–water partition coefficient (Wildman–Crippen LogP) is 4.88. The summed E-state index contributed by atoms with van der Waals surface area (Å²) in [5, 5.41) is 6.40. The number of benzene rings is 2. The van der Waals surface area contributed by atoms with Crippen LogP contribution in [0.2, 0.25) is 0 Å². The fourth-order valence-corrected chi connectivity index (χ4v) is 5.09. The van der Waals surface area contributed by atoms with Crippen molar-refractivity contribution < 1.29 is 9.53 Å². The fourth-order valence-electron chi connectivity index (χ4n) is 3.99. The minimum Gasteiger partial charge on any atom is -0.497 e. The summed E-state index contributed by atoms with van der Waals surface area (Å²) in [5.74, 6) is 1.08. The van der Waals surface area contributed by atoms with E-state index < -0.39 is 0 Å². The number of carbonyl (C=O) groups excluding carboxylic acids is 1. The standard InChI is InChI=1S/C24H27N3O2S2/c1-29-20-12-10-19(11-13-20)22-16-21(18-8-4-2-5-9-18)25-27(22)23(28)17-31-24(30)26-14-6-3-7-15-26/h2,4-5,8-13,22H,3,6-7,14-17H2,1H3. The Morgan fingerprint density at radius 3 is 2.48 bits per heavy atom. The predicted molar refractivity (Wildman–Crippen MR) is 131 cm³/mol. The maximum absolute atomic E-state index is 13.2. The molecule has 0 spiro atoms. The molecule has 0 N–H and O–H groups in total. The number of rotatable bonds is 5. The third-order valence-electron chi connectivity index (χ3n) is 5.71. The molecule has 2 aliphatic rings. The zero-order chi connectivity index (χ0) is 21.6. The number of thioether (sulfide) groups is 1. The van der Waals surface area contributed by atoms with Crippen molar-refractivity contribution in [1.29, 1.82) is 0 Å². The molecule has 0 saturated carbocycles. The maximum atomic E-state index is 13.2. The molecule has 1 unspecified atom stereocenters. The average molecular weight is 454 g/mol. The van der Waals surface area contributed by atoms with Gasteiger partial charge in [-0.15, -0.1) is 0 Å². The zero-order valence-corrected chi connectivity index (χ0v) is 19.3. The van der Waals surface area contributed by atoms with Gasteiger partial charge in [0.2, 0.25) is 0 Å². The van der Waals surface area contributed by atoms with Crippen LogP contribution in [0.4, 0.5) is 0 Å². The Balaban J connectivity index is 1.50. The summed E-state index contributed by atoms with van der Waals surface area (Å²) in [6.07, 6.45) is 4.29. The highest BCUT2D eigenvalue weighted by Crippen LogP contribution is 2.34. The van der Waals surface area contributed by atoms with E-state index in [0.717, 1.165) is 40.0 Å². The Morgan fingerprint density at radius 2 is 1.81 bits per heavy atom. The first kappa shape index (κ1) is 21.8. The number of likely N-dealkylation sites (tertiary alicyclic amines) is 1. The first-order valence-corrected chi connectivity index (χ1v) is 12.1. The summed E-state index contributed by atoms with van der Waals surface area (Å²) in [5.41, 5.74) is 3.03. The van der Waals surface area contributed by atoms with Crippen LogP contribution in [-0.4, -0.2) is 51.8 Å². The Morgan fingerprint density at radius 1 is 1.10 bits per heavy atom. The lowest BCUT2D eigenvalue weighted by molar-refractivity contribution is -0.130. The molecule has 4 rings (SSSR count). The second-order valence-electron chi connectivity index (χ2n) is 7.75. The topological polar surface area (TPSA) is 45.1 Å². The van der Waals surface area contributed by atoms with Crippen molar-refractivity contribution in [2.45, 2.75) is 31.7 Å². The Labute approximate surface area is 193 Å². The summed E-state index contributed by atoms with van der Waals surface area (Å²) in [4.78, 5) is 15.4. The van der Waals surface area contributed by atoms with Gasteiger partial charge in [-0.3, -0.25) is 4.79 Å². The monoisotopic (exact) mass is 453 g/mol. The first-order valence-electron chi connectivity index (χ1n) is 10.7. The molecule has 5 nitrogen and oxygen atoms in total.